The Balaban J connectivity index is 1.71. The van der Waals surface area contributed by atoms with Gasteiger partial charge in [-0.15, -0.1) is 0 Å². The van der Waals surface area contributed by atoms with Gasteiger partial charge in [-0.2, -0.15) is 0 Å². The third-order valence-electron chi connectivity index (χ3n) is 6.30. The van der Waals surface area contributed by atoms with Crippen molar-refractivity contribution in [3.05, 3.63) is 100 Å². The summed E-state index contributed by atoms with van der Waals surface area (Å²) in [5.41, 5.74) is 10.5. The Morgan fingerprint density at radius 3 is 1.66 bits per heavy atom. The van der Waals surface area contributed by atoms with Gasteiger partial charge in [0, 0.05) is 10.6 Å². The van der Waals surface area contributed by atoms with E-state index in [1.165, 1.54) is 44.5 Å². The van der Waals surface area contributed by atoms with Crippen LogP contribution in [-0.4, -0.2) is 0 Å². The average molecular weight is 396 g/mol. The van der Waals surface area contributed by atoms with Crippen LogP contribution in [0.25, 0.3) is 33.8 Å². The first-order chi connectivity index (χ1) is 14.3. The predicted octanol–water partition coefficient (Wildman–Crippen LogP) is 7.41. The summed E-state index contributed by atoms with van der Waals surface area (Å²) in [7, 11) is 0. The fraction of sp³-hybridized carbons (Fsp3) is 0.148. The molecule has 0 spiro atoms. The summed E-state index contributed by atoms with van der Waals surface area (Å²) in [5.74, 6) is 2.07. The molecular formula is C27H20ClO+. The highest BCUT2D eigenvalue weighted by molar-refractivity contribution is 6.30. The Morgan fingerprint density at radius 2 is 1.10 bits per heavy atom. The first kappa shape index (κ1) is 17.0. The van der Waals surface area contributed by atoms with Gasteiger partial charge >= 0.3 is 11.5 Å². The summed E-state index contributed by atoms with van der Waals surface area (Å²) in [6.45, 7) is 0. The van der Waals surface area contributed by atoms with E-state index < -0.39 is 0 Å². The molecule has 4 aromatic rings. The van der Waals surface area contributed by atoms with Crippen LogP contribution in [0.1, 0.15) is 22.3 Å². The van der Waals surface area contributed by atoms with Gasteiger partial charge < -0.3 is 0 Å². The third-order valence-corrected chi connectivity index (χ3v) is 6.55. The number of rotatable bonds is 1. The quantitative estimate of drug-likeness (QED) is 0.305. The van der Waals surface area contributed by atoms with E-state index in [1.807, 2.05) is 12.1 Å². The Labute approximate surface area is 175 Å². The largest absolute Gasteiger partial charge is 0.364 e. The molecule has 0 amide bonds. The van der Waals surface area contributed by atoms with Crippen molar-refractivity contribution in [1.29, 1.82) is 0 Å². The molecule has 2 heteroatoms. The van der Waals surface area contributed by atoms with Crippen molar-refractivity contribution in [2.75, 3.05) is 0 Å². The van der Waals surface area contributed by atoms with Crippen LogP contribution >= 0.6 is 11.6 Å². The van der Waals surface area contributed by atoms with Gasteiger partial charge in [0.25, 0.3) is 0 Å². The number of aryl methyl sites for hydroxylation is 2. The molecule has 0 fully saturated rings. The van der Waals surface area contributed by atoms with Crippen molar-refractivity contribution in [3.8, 4) is 33.8 Å². The van der Waals surface area contributed by atoms with Crippen LogP contribution in [0.5, 0.6) is 0 Å². The fourth-order valence-corrected chi connectivity index (χ4v) is 5.08. The van der Waals surface area contributed by atoms with Crippen LogP contribution in [0, 0.1) is 0 Å². The van der Waals surface area contributed by atoms with Gasteiger partial charge in [-0.1, -0.05) is 60.1 Å². The normalized spacial score (nSPS) is 13.8. The van der Waals surface area contributed by atoms with Crippen LogP contribution in [0.3, 0.4) is 0 Å². The van der Waals surface area contributed by atoms with Crippen LogP contribution in [0.15, 0.2) is 77.2 Å². The van der Waals surface area contributed by atoms with E-state index >= 15 is 0 Å². The van der Waals surface area contributed by atoms with Crippen molar-refractivity contribution < 1.29 is 4.42 Å². The number of halogens is 1. The minimum Gasteiger partial charge on any atom is -0.206 e. The van der Waals surface area contributed by atoms with Crippen molar-refractivity contribution >= 4 is 11.6 Å². The molecule has 1 nitrogen and oxygen atoms in total. The minimum absolute atomic E-state index is 0.771. The Hall–Kier alpha value is -2.90. The van der Waals surface area contributed by atoms with E-state index in [-0.39, 0.29) is 0 Å². The van der Waals surface area contributed by atoms with Crippen molar-refractivity contribution in [2.45, 2.75) is 25.7 Å². The van der Waals surface area contributed by atoms with Crippen LogP contribution in [0.4, 0.5) is 0 Å². The second kappa shape index (κ2) is 6.57. The lowest BCUT2D eigenvalue weighted by Crippen LogP contribution is -2.12. The van der Waals surface area contributed by atoms with Gasteiger partial charge in [0.1, 0.15) is 0 Å². The maximum atomic E-state index is 6.74. The van der Waals surface area contributed by atoms with Crippen molar-refractivity contribution in [2.24, 2.45) is 0 Å². The van der Waals surface area contributed by atoms with Gasteiger partial charge in [-0.25, -0.2) is 4.42 Å². The molecule has 29 heavy (non-hydrogen) atoms. The molecule has 2 aliphatic carbocycles. The number of hydrogen-bond acceptors (Lipinski definition) is 0. The zero-order chi connectivity index (χ0) is 19.4. The first-order valence-electron chi connectivity index (χ1n) is 10.2. The molecule has 0 saturated carbocycles. The van der Waals surface area contributed by atoms with E-state index in [0.717, 1.165) is 42.2 Å². The molecule has 0 saturated heterocycles. The Morgan fingerprint density at radius 1 is 0.586 bits per heavy atom. The summed E-state index contributed by atoms with van der Waals surface area (Å²) in [6, 6.07) is 25.6. The predicted molar refractivity (Wildman–Crippen MR) is 119 cm³/mol. The zero-order valence-electron chi connectivity index (χ0n) is 16.0. The molecule has 2 aliphatic rings. The molecule has 0 N–H and O–H groups in total. The maximum absolute atomic E-state index is 6.74. The van der Waals surface area contributed by atoms with E-state index in [9.17, 15) is 0 Å². The van der Waals surface area contributed by atoms with E-state index in [2.05, 4.69) is 60.7 Å². The highest BCUT2D eigenvalue weighted by Crippen LogP contribution is 2.47. The van der Waals surface area contributed by atoms with E-state index in [0.29, 0.717) is 0 Å². The molecule has 0 bridgehead atoms. The molecule has 1 heterocycles. The summed E-state index contributed by atoms with van der Waals surface area (Å²) in [5, 5.41) is 0.771. The summed E-state index contributed by atoms with van der Waals surface area (Å²) in [4.78, 5) is 0. The minimum atomic E-state index is 0.771. The summed E-state index contributed by atoms with van der Waals surface area (Å²) >= 11 is 6.20. The Bertz CT molecular complexity index is 1180. The molecular weight excluding hydrogens is 376 g/mol. The van der Waals surface area contributed by atoms with Crippen molar-refractivity contribution in [3.63, 3.8) is 0 Å². The zero-order valence-corrected chi connectivity index (χ0v) is 16.8. The van der Waals surface area contributed by atoms with Gasteiger partial charge in [-0.3, -0.25) is 0 Å². The molecule has 0 unspecified atom stereocenters. The molecule has 0 atom stereocenters. The molecule has 0 aliphatic heterocycles. The lowest BCUT2D eigenvalue weighted by molar-refractivity contribution is 0.556. The molecule has 6 rings (SSSR count). The van der Waals surface area contributed by atoms with Gasteiger partial charge in [-0.05, 0) is 66.6 Å². The van der Waals surface area contributed by atoms with E-state index in [4.69, 9.17) is 16.0 Å². The average Bonchev–Trinajstić information content (AvgIpc) is 2.78. The van der Waals surface area contributed by atoms with Gasteiger partial charge in [0.05, 0.1) is 22.3 Å². The highest BCUT2D eigenvalue weighted by Gasteiger charge is 2.37. The van der Waals surface area contributed by atoms with Crippen LogP contribution in [-0.2, 0) is 25.7 Å². The topological polar surface area (TPSA) is 11.3 Å². The SMILES string of the molecule is Clc1ccc(-c2c3c([o+]c4c2CCc2ccccc2-4)-c2ccccc2CC3)cc1. The fourth-order valence-electron chi connectivity index (χ4n) is 4.95. The number of fused-ring (bicyclic) bond motifs is 6. The van der Waals surface area contributed by atoms with E-state index in [1.54, 1.807) is 0 Å². The smallest absolute Gasteiger partial charge is 0.206 e. The molecule has 1 aromatic heterocycles. The van der Waals surface area contributed by atoms with Gasteiger partial charge in [0.15, 0.2) is 0 Å². The summed E-state index contributed by atoms with van der Waals surface area (Å²) in [6.07, 6.45) is 4.11. The first-order valence-corrected chi connectivity index (χ1v) is 10.6. The molecule has 140 valence electrons. The lowest BCUT2D eigenvalue weighted by atomic mass is 9.79. The number of benzene rings is 3. The second-order valence-corrected chi connectivity index (χ2v) is 8.35. The lowest BCUT2D eigenvalue weighted by Gasteiger charge is -2.22. The summed E-state index contributed by atoms with van der Waals surface area (Å²) < 4.78 is 6.74. The van der Waals surface area contributed by atoms with Gasteiger partial charge in [0.2, 0.25) is 0 Å². The van der Waals surface area contributed by atoms with Crippen LogP contribution in [0.2, 0.25) is 5.02 Å². The third kappa shape index (κ3) is 2.65. The molecule has 0 radical (unpaired) electrons. The van der Waals surface area contributed by atoms with Crippen LogP contribution < -0.4 is 0 Å². The monoisotopic (exact) mass is 395 g/mol. The highest BCUT2D eigenvalue weighted by atomic mass is 35.5. The Kier molecular flexibility index (Phi) is 3.85. The second-order valence-electron chi connectivity index (χ2n) is 7.91. The standard InChI is InChI=1S/C27H20ClO/c28-20-13-9-19(10-14-20)25-23-15-11-17-5-1-3-7-21(17)26(23)29-27-22-8-4-2-6-18(22)12-16-24(25)27/h1-10,13-14H,11-12,15-16H2/q+1. The molecule has 3 aromatic carbocycles. The number of hydrogen-bond donors (Lipinski definition) is 0. The maximum Gasteiger partial charge on any atom is 0.364 e. The van der Waals surface area contributed by atoms with Crippen molar-refractivity contribution in [1.82, 2.24) is 0 Å².